The van der Waals surface area contributed by atoms with E-state index in [-0.39, 0.29) is 21.4 Å². The number of aromatic nitrogens is 3. The van der Waals surface area contributed by atoms with E-state index < -0.39 is 10.0 Å². The second kappa shape index (κ2) is 8.43. The highest BCUT2D eigenvalue weighted by molar-refractivity contribution is 7.92. The molecule has 0 aliphatic carbocycles. The molecule has 0 saturated heterocycles. The van der Waals surface area contributed by atoms with Crippen LogP contribution in [0.5, 0.6) is 0 Å². The molecule has 0 saturated carbocycles. The van der Waals surface area contributed by atoms with Crippen molar-refractivity contribution in [2.75, 3.05) is 4.72 Å². The van der Waals surface area contributed by atoms with Gasteiger partial charge in [-0.3, -0.25) is 9.71 Å². The number of sulfonamides is 1. The number of para-hydroxylation sites is 1. The Morgan fingerprint density at radius 2 is 1.87 bits per heavy atom. The summed E-state index contributed by atoms with van der Waals surface area (Å²) >= 11 is 12.0. The summed E-state index contributed by atoms with van der Waals surface area (Å²) in [6, 6.07) is 14.8. The summed E-state index contributed by atoms with van der Waals surface area (Å²) < 4.78 is 33.6. The fourth-order valence-electron chi connectivity index (χ4n) is 2.76. The first-order valence-electron chi connectivity index (χ1n) is 8.71. The van der Waals surface area contributed by atoms with Gasteiger partial charge in [0.25, 0.3) is 10.0 Å². The van der Waals surface area contributed by atoms with Gasteiger partial charge in [0.2, 0.25) is 11.7 Å². The van der Waals surface area contributed by atoms with Crippen LogP contribution in [0.2, 0.25) is 10.0 Å². The molecule has 30 heavy (non-hydrogen) atoms. The van der Waals surface area contributed by atoms with Crippen molar-refractivity contribution in [3.8, 4) is 11.4 Å². The molecule has 4 rings (SSSR count). The molecule has 0 unspecified atom stereocenters. The van der Waals surface area contributed by atoms with Gasteiger partial charge in [-0.05, 0) is 42.0 Å². The standard InChI is InChI=1S/C20H14Cl2N4O3S/c21-15-7-8-16(22)18(11-15)30(27,28)26-17-6-2-1-4-13(17)10-19-24-20(25-29-19)14-5-3-9-23-12-14/h1-9,11-12,26H,10H2. The maximum Gasteiger partial charge on any atom is 0.263 e. The van der Waals surface area contributed by atoms with Crippen LogP contribution in [0.1, 0.15) is 11.5 Å². The molecule has 0 atom stereocenters. The smallest absolute Gasteiger partial charge is 0.263 e. The zero-order valence-corrected chi connectivity index (χ0v) is 17.6. The van der Waals surface area contributed by atoms with E-state index in [9.17, 15) is 8.42 Å². The highest BCUT2D eigenvalue weighted by Crippen LogP contribution is 2.28. The van der Waals surface area contributed by atoms with Crippen LogP contribution in [0.15, 0.2) is 76.4 Å². The Hall–Kier alpha value is -2.94. The van der Waals surface area contributed by atoms with Crippen molar-refractivity contribution in [3.05, 3.63) is 88.5 Å². The summed E-state index contributed by atoms with van der Waals surface area (Å²) in [5.41, 5.74) is 1.74. The average molecular weight is 461 g/mol. The number of pyridine rings is 1. The van der Waals surface area contributed by atoms with Crippen LogP contribution in [0.25, 0.3) is 11.4 Å². The highest BCUT2D eigenvalue weighted by Gasteiger charge is 2.20. The van der Waals surface area contributed by atoms with Gasteiger partial charge in [0.15, 0.2) is 0 Å². The molecule has 152 valence electrons. The minimum absolute atomic E-state index is 0.0717. The lowest BCUT2D eigenvalue weighted by Crippen LogP contribution is -2.15. The molecular formula is C20H14Cl2N4O3S. The lowest BCUT2D eigenvalue weighted by atomic mass is 10.1. The summed E-state index contributed by atoms with van der Waals surface area (Å²) in [6.45, 7) is 0. The zero-order chi connectivity index (χ0) is 21.1. The summed E-state index contributed by atoms with van der Waals surface area (Å²) in [4.78, 5) is 8.29. The van der Waals surface area contributed by atoms with E-state index in [1.54, 1.807) is 42.7 Å². The van der Waals surface area contributed by atoms with Crippen molar-refractivity contribution in [1.29, 1.82) is 0 Å². The Labute approximate surface area is 182 Å². The number of hydrogen-bond donors (Lipinski definition) is 1. The van der Waals surface area contributed by atoms with Gasteiger partial charge in [0.05, 0.1) is 17.1 Å². The molecule has 10 heteroatoms. The van der Waals surface area contributed by atoms with E-state index >= 15 is 0 Å². The first kappa shape index (κ1) is 20.3. The molecule has 4 aromatic rings. The maximum atomic E-state index is 12.9. The molecule has 1 N–H and O–H groups in total. The normalized spacial score (nSPS) is 11.4. The second-order valence-electron chi connectivity index (χ2n) is 6.27. The monoisotopic (exact) mass is 460 g/mol. The van der Waals surface area contributed by atoms with Gasteiger partial charge in [-0.15, -0.1) is 0 Å². The van der Waals surface area contributed by atoms with Crippen LogP contribution in [0.3, 0.4) is 0 Å². The van der Waals surface area contributed by atoms with Gasteiger partial charge in [-0.2, -0.15) is 4.98 Å². The fourth-order valence-corrected chi connectivity index (χ4v) is 4.62. The van der Waals surface area contributed by atoms with Gasteiger partial charge in [0.1, 0.15) is 4.90 Å². The SMILES string of the molecule is O=S(=O)(Nc1ccccc1Cc1nc(-c2cccnc2)no1)c1cc(Cl)ccc1Cl. The molecule has 0 aliphatic rings. The van der Waals surface area contributed by atoms with Crippen molar-refractivity contribution in [2.45, 2.75) is 11.3 Å². The first-order chi connectivity index (χ1) is 14.4. The number of anilines is 1. The molecule has 0 amide bonds. The number of hydrogen-bond acceptors (Lipinski definition) is 6. The molecule has 2 aromatic carbocycles. The van der Waals surface area contributed by atoms with E-state index in [0.717, 1.165) is 5.56 Å². The lowest BCUT2D eigenvalue weighted by molar-refractivity contribution is 0.386. The minimum Gasteiger partial charge on any atom is -0.339 e. The van der Waals surface area contributed by atoms with E-state index in [0.29, 0.717) is 23.0 Å². The average Bonchev–Trinajstić information content (AvgIpc) is 3.20. The van der Waals surface area contributed by atoms with Crippen molar-refractivity contribution in [1.82, 2.24) is 15.1 Å². The maximum absolute atomic E-state index is 12.9. The van der Waals surface area contributed by atoms with Gasteiger partial charge in [-0.1, -0.05) is 46.6 Å². The van der Waals surface area contributed by atoms with Gasteiger partial charge >= 0.3 is 0 Å². The molecule has 7 nitrogen and oxygen atoms in total. The van der Waals surface area contributed by atoms with Gasteiger partial charge in [0, 0.05) is 23.0 Å². The highest BCUT2D eigenvalue weighted by atomic mass is 35.5. The fraction of sp³-hybridized carbons (Fsp3) is 0.0500. The van der Waals surface area contributed by atoms with Crippen molar-refractivity contribution in [3.63, 3.8) is 0 Å². The number of rotatable bonds is 6. The van der Waals surface area contributed by atoms with E-state index in [4.69, 9.17) is 27.7 Å². The molecular weight excluding hydrogens is 447 g/mol. The summed E-state index contributed by atoms with van der Waals surface area (Å²) in [7, 11) is -3.96. The van der Waals surface area contributed by atoms with Crippen LogP contribution in [-0.4, -0.2) is 23.5 Å². The first-order valence-corrected chi connectivity index (χ1v) is 10.9. The third-order valence-corrected chi connectivity index (χ3v) is 6.26. The number of halogens is 2. The molecule has 2 aromatic heterocycles. The topological polar surface area (TPSA) is 98.0 Å². The molecule has 0 radical (unpaired) electrons. The Balaban J connectivity index is 1.61. The zero-order valence-electron chi connectivity index (χ0n) is 15.3. The Morgan fingerprint density at radius 1 is 1.03 bits per heavy atom. The third-order valence-electron chi connectivity index (χ3n) is 4.17. The minimum atomic E-state index is -3.96. The largest absolute Gasteiger partial charge is 0.339 e. The van der Waals surface area contributed by atoms with Crippen molar-refractivity contribution in [2.24, 2.45) is 0 Å². The van der Waals surface area contributed by atoms with E-state index in [1.807, 2.05) is 6.07 Å². The predicted molar refractivity (Wildman–Crippen MR) is 114 cm³/mol. The number of benzene rings is 2. The van der Waals surface area contributed by atoms with Crippen LogP contribution >= 0.6 is 23.2 Å². The van der Waals surface area contributed by atoms with E-state index in [2.05, 4.69) is 19.8 Å². The second-order valence-corrected chi connectivity index (χ2v) is 8.76. The van der Waals surface area contributed by atoms with E-state index in [1.165, 1.54) is 18.2 Å². The summed E-state index contributed by atoms with van der Waals surface area (Å²) in [5.74, 6) is 0.739. The summed E-state index contributed by atoms with van der Waals surface area (Å²) in [5, 5.41) is 4.30. The number of nitrogens with zero attached hydrogens (tertiary/aromatic N) is 3. The molecule has 0 bridgehead atoms. The van der Waals surface area contributed by atoms with Crippen molar-refractivity contribution < 1.29 is 12.9 Å². The Bertz CT molecular complexity index is 1290. The molecule has 2 heterocycles. The molecule has 0 aliphatic heterocycles. The van der Waals surface area contributed by atoms with Gasteiger partial charge < -0.3 is 4.52 Å². The molecule has 0 fully saturated rings. The third kappa shape index (κ3) is 4.46. The van der Waals surface area contributed by atoms with Gasteiger partial charge in [-0.25, -0.2) is 8.42 Å². The van der Waals surface area contributed by atoms with Crippen LogP contribution in [0.4, 0.5) is 5.69 Å². The summed E-state index contributed by atoms with van der Waals surface area (Å²) in [6.07, 6.45) is 3.51. The predicted octanol–water partition coefficient (Wildman–Crippen LogP) is 4.83. The van der Waals surface area contributed by atoms with Crippen LogP contribution in [0, 0.1) is 0 Å². The van der Waals surface area contributed by atoms with Crippen LogP contribution < -0.4 is 4.72 Å². The number of nitrogens with one attached hydrogen (secondary N) is 1. The quantitative estimate of drug-likeness (QED) is 0.442. The molecule has 0 spiro atoms. The Morgan fingerprint density at radius 3 is 2.67 bits per heavy atom. The van der Waals surface area contributed by atoms with Crippen LogP contribution in [-0.2, 0) is 16.4 Å². The lowest BCUT2D eigenvalue weighted by Gasteiger charge is -2.13. The van der Waals surface area contributed by atoms with Crippen molar-refractivity contribution >= 4 is 38.9 Å². The Kier molecular flexibility index (Phi) is 5.72.